The molecule has 7 nitrogen and oxygen atoms in total. The van der Waals surface area contributed by atoms with Crippen LogP contribution >= 0.6 is 0 Å². The summed E-state index contributed by atoms with van der Waals surface area (Å²) in [6.07, 6.45) is 3.67. The first-order chi connectivity index (χ1) is 12.1. The fourth-order valence-corrected chi connectivity index (χ4v) is 3.74. The standard InChI is InChI=1S/C18H24N4O3/c1-11-14-7-15(23)22(8-12-3-4-12)18(14)20-17(19-11)13-5-6-21(9-13)16(24)10-25-2/h12-13H,3-10H2,1-2H3/t13-/m1/s1. The molecule has 2 amide bonds. The summed E-state index contributed by atoms with van der Waals surface area (Å²) in [7, 11) is 1.53. The summed E-state index contributed by atoms with van der Waals surface area (Å²) in [6.45, 7) is 4.18. The number of anilines is 1. The van der Waals surface area contributed by atoms with Gasteiger partial charge in [0.15, 0.2) is 0 Å². The second-order valence-electron chi connectivity index (χ2n) is 7.35. The van der Waals surface area contributed by atoms with Gasteiger partial charge in [-0.1, -0.05) is 0 Å². The predicted molar refractivity (Wildman–Crippen MR) is 91.4 cm³/mol. The molecule has 134 valence electrons. The smallest absolute Gasteiger partial charge is 0.248 e. The number of aryl methyl sites for hydroxylation is 1. The van der Waals surface area contributed by atoms with Crippen LogP contribution < -0.4 is 4.90 Å². The molecule has 0 unspecified atom stereocenters. The van der Waals surface area contributed by atoms with Crippen LogP contribution in [0.3, 0.4) is 0 Å². The molecule has 2 aliphatic heterocycles. The quantitative estimate of drug-likeness (QED) is 0.798. The Bertz CT molecular complexity index is 717. The molecule has 1 aromatic rings. The largest absolute Gasteiger partial charge is 0.375 e. The maximum atomic E-state index is 12.4. The molecule has 1 aromatic heterocycles. The van der Waals surface area contributed by atoms with E-state index in [-0.39, 0.29) is 24.3 Å². The number of ether oxygens (including phenoxy) is 1. The van der Waals surface area contributed by atoms with Gasteiger partial charge >= 0.3 is 0 Å². The highest BCUT2D eigenvalue weighted by atomic mass is 16.5. The van der Waals surface area contributed by atoms with Gasteiger partial charge in [0, 0.05) is 43.9 Å². The van der Waals surface area contributed by atoms with E-state index in [1.165, 1.54) is 20.0 Å². The summed E-state index contributed by atoms with van der Waals surface area (Å²) in [5.74, 6) is 2.47. The van der Waals surface area contributed by atoms with Gasteiger partial charge in [-0.25, -0.2) is 9.97 Å². The van der Waals surface area contributed by atoms with Crippen molar-refractivity contribution in [1.82, 2.24) is 14.9 Å². The molecule has 1 saturated heterocycles. The van der Waals surface area contributed by atoms with Crippen LogP contribution in [0.25, 0.3) is 0 Å². The van der Waals surface area contributed by atoms with Gasteiger partial charge in [0.25, 0.3) is 0 Å². The van der Waals surface area contributed by atoms with Crippen molar-refractivity contribution in [2.45, 2.75) is 38.5 Å². The lowest BCUT2D eigenvalue weighted by Gasteiger charge is -2.19. The molecule has 1 saturated carbocycles. The van der Waals surface area contributed by atoms with E-state index in [1.54, 1.807) is 0 Å². The van der Waals surface area contributed by atoms with E-state index in [4.69, 9.17) is 9.72 Å². The first kappa shape index (κ1) is 16.4. The molecule has 25 heavy (non-hydrogen) atoms. The number of carbonyl (C=O) groups is 2. The van der Waals surface area contributed by atoms with Crippen LogP contribution in [0.15, 0.2) is 0 Å². The van der Waals surface area contributed by atoms with Crippen LogP contribution in [-0.2, 0) is 20.7 Å². The van der Waals surface area contributed by atoms with E-state index < -0.39 is 0 Å². The number of hydrogen-bond acceptors (Lipinski definition) is 5. The van der Waals surface area contributed by atoms with E-state index in [0.29, 0.717) is 25.4 Å². The van der Waals surface area contributed by atoms with Gasteiger partial charge in [-0.05, 0) is 32.1 Å². The third kappa shape index (κ3) is 3.13. The topological polar surface area (TPSA) is 75.6 Å². The van der Waals surface area contributed by atoms with Gasteiger partial charge < -0.3 is 9.64 Å². The summed E-state index contributed by atoms with van der Waals surface area (Å²) in [4.78, 5) is 37.5. The molecule has 3 heterocycles. The first-order valence-corrected chi connectivity index (χ1v) is 9.01. The van der Waals surface area contributed by atoms with Crippen molar-refractivity contribution in [2.24, 2.45) is 5.92 Å². The highest BCUT2D eigenvalue weighted by molar-refractivity contribution is 6.00. The van der Waals surface area contributed by atoms with Crippen LogP contribution in [0.1, 0.15) is 42.3 Å². The van der Waals surface area contributed by atoms with Gasteiger partial charge in [-0.15, -0.1) is 0 Å². The number of hydrogen-bond donors (Lipinski definition) is 0. The summed E-state index contributed by atoms with van der Waals surface area (Å²) in [5.41, 5.74) is 1.87. The van der Waals surface area contributed by atoms with Gasteiger partial charge in [0.1, 0.15) is 18.2 Å². The highest BCUT2D eigenvalue weighted by Gasteiger charge is 2.37. The van der Waals surface area contributed by atoms with Gasteiger partial charge in [0.05, 0.1) is 6.42 Å². The van der Waals surface area contributed by atoms with Gasteiger partial charge in [0.2, 0.25) is 11.8 Å². The number of fused-ring (bicyclic) bond motifs is 1. The Morgan fingerprint density at radius 3 is 2.80 bits per heavy atom. The van der Waals surface area contributed by atoms with E-state index >= 15 is 0 Å². The van der Waals surface area contributed by atoms with Crippen molar-refractivity contribution in [3.63, 3.8) is 0 Å². The number of likely N-dealkylation sites (tertiary alicyclic amines) is 1. The Labute approximate surface area is 147 Å². The van der Waals surface area contributed by atoms with E-state index in [0.717, 1.165) is 35.9 Å². The molecule has 1 atom stereocenters. The summed E-state index contributed by atoms with van der Waals surface area (Å²) < 4.78 is 4.94. The number of carbonyl (C=O) groups excluding carboxylic acids is 2. The summed E-state index contributed by atoms with van der Waals surface area (Å²) in [6, 6.07) is 0. The SMILES string of the molecule is COCC(=O)N1CC[C@@H](c2nc(C)c3c(n2)N(CC2CC2)C(=O)C3)C1. The average molecular weight is 344 g/mol. The van der Waals surface area contributed by atoms with Gasteiger partial charge in [-0.2, -0.15) is 0 Å². The lowest BCUT2D eigenvalue weighted by molar-refractivity contribution is -0.134. The van der Waals surface area contributed by atoms with E-state index in [9.17, 15) is 9.59 Å². The Morgan fingerprint density at radius 1 is 1.28 bits per heavy atom. The minimum Gasteiger partial charge on any atom is -0.375 e. The van der Waals surface area contributed by atoms with Crippen LogP contribution in [0.2, 0.25) is 0 Å². The van der Waals surface area contributed by atoms with Crippen molar-refractivity contribution in [2.75, 3.05) is 38.3 Å². The molecule has 0 spiro atoms. The molecular formula is C18H24N4O3. The first-order valence-electron chi connectivity index (χ1n) is 9.01. The Balaban J connectivity index is 1.56. The second-order valence-corrected chi connectivity index (χ2v) is 7.35. The van der Waals surface area contributed by atoms with Crippen molar-refractivity contribution in [1.29, 1.82) is 0 Å². The fourth-order valence-electron chi connectivity index (χ4n) is 3.74. The third-order valence-corrected chi connectivity index (χ3v) is 5.41. The molecule has 4 rings (SSSR count). The van der Waals surface area contributed by atoms with Crippen LogP contribution in [0, 0.1) is 12.8 Å². The number of aromatic nitrogens is 2. The van der Waals surface area contributed by atoms with Crippen LogP contribution in [0.5, 0.6) is 0 Å². The lowest BCUT2D eigenvalue weighted by atomic mass is 10.1. The molecule has 0 radical (unpaired) electrons. The predicted octanol–water partition coefficient (Wildman–Crippen LogP) is 1.05. The molecular weight excluding hydrogens is 320 g/mol. The summed E-state index contributed by atoms with van der Waals surface area (Å²) >= 11 is 0. The molecule has 1 aliphatic carbocycles. The van der Waals surface area contributed by atoms with E-state index in [1.807, 2.05) is 16.7 Å². The molecule has 0 N–H and O–H groups in total. The monoisotopic (exact) mass is 344 g/mol. The molecule has 3 aliphatic rings. The second kappa shape index (κ2) is 6.37. The molecule has 0 bridgehead atoms. The minimum absolute atomic E-state index is 0.00780. The Morgan fingerprint density at radius 2 is 2.08 bits per heavy atom. The van der Waals surface area contributed by atoms with Crippen molar-refractivity contribution >= 4 is 17.6 Å². The van der Waals surface area contributed by atoms with Gasteiger partial charge in [-0.3, -0.25) is 14.5 Å². The van der Waals surface area contributed by atoms with Crippen LogP contribution in [0.4, 0.5) is 5.82 Å². The Kier molecular flexibility index (Phi) is 4.19. The number of rotatable bonds is 5. The molecule has 2 fully saturated rings. The normalized spacial score (nSPS) is 22.6. The third-order valence-electron chi connectivity index (χ3n) is 5.41. The summed E-state index contributed by atoms with van der Waals surface area (Å²) in [5, 5.41) is 0. The maximum absolute atomic E-state index is 12.4. The highest BCUT2D eigenvalue weighted by Crippen LogP contribution is 2.37. The lowest BCUT2D eigenvalue weighted by Crippen LogP contribution is -2.31. The van der Waals surface area contributed by atoms with Crippen molar-refractivity contribution in [3.8, 4) is 0 Å². The maximum Gasteiger partial charge on any atom is 0.248 e. The average Bonchev–Trinajstić information content (AvgIpc) is 3.15. The number of methoxy groups -OCH3 is 1. The zero-order chi connectivity index (χ0) is 17.6. The zero-order valence-corrected chi connectivity index (χ0v) is 14.8. The zero-order valence-electron chi connectivity index (χ0n) is 14.8. The van der Waals surface area contributed by atoms with Crippen molar-refractivity contribution in [3.05, 3.63) is 17.1 Å². The van der Waals surface area contributed by atoms with Crippen LogP contribution in [-0.4, -0.2) is 60.0 Å². The number of nitrogens with zero attached hydrogens (tertiary/aromatic N) is 4. The van der Waals surface area contributed by atoms with E-state index in [2.05, 4.69) is 4.98 Å². The Hall–Kier alpha value is -2.02. The number of amides is 2. The van der Waals surface area contributed by atoms with Crippen molar-refractivity contribution < 1.29 is 14.3 Å². The molecule has 0 aromatic carbocycles. The molecule has 7 heteroatoms. The fraction of sp³-hybridized carbons (Fsp3) is 0.667. The minimum atomic E-state index is 0.00780.